The molecule has 0 fully saturated rings. The standard InChI is InChI=1S/C9H9N3/c1-2-11-12-7-5-8-4-3-6-10-9(8)12/h2-7H,1H3/b11-2+. The normalized spacial score (nSPS) is 11.4. The van der Waals surface area contributed by atoms with Crippen LogP contribution in [0.1, 0.15) is 6.92 Å². The zero-order valence-electron chi connectivity index (χ0n) is 6.81. The summed E-state index contributed by atoms with van der Waals surface area (Å²) < 4.78 is 1.76. The molecule has 0 aliphatic carbocycles. The van der Waals surface area contributed by atoms with Gasteiger partial charge in [0.1, 0.15) is 0 Å². The van der Waals surface area contributed by atoms with Crippen molar-refractivity contribution in [3.63, 3.8) is 0 Å². The predicted octanol–water partition coefficient (Wildman–Crippen LogP) is 1.89. The first kappa shape index (κ1) is 7.03. The highest BCUT2D eigenvalue weighted by atomic mass is 15.3. The largest absolute Gasteiger partial charge is 0.237 e. The van der Waals surface area contributed by atoms with E-state index in [0.717, 1.165) is 11.0 Å². The molecule has 60 valence electrons. The van der Waals surface area contributed by atoms with E-state index in [0.29, 0.717) is 0 Å². The molecule has 0 aliphatic heterocycles. The van der Waals surface area contributed by atoms with Crippen molar-refractivity contribution < 1.29 is 0 Å². The van der Waals surface area contributed by atoms with Gasteiger partial charge in [0.15, 0.2) is 5.65 Å². The minimum atomic E-state index is 0.899. The van der Waals surface area contributed by atoms with Crippen molar-refractivity contribution in [2.75, 3.05) is 0 Å². The van der Waals surface area contributed by atoms with Crippen LogP contribution in [0.3, 0.4) is 0 Å². The van der Waals surface area contributed by atoms with E-state index in [1.54, 1.807) is 17.1 Å². The Kier molecular flexibility index (Phi) is 1.63. The molecule has 0 saturated heterocycles. The quantitative estimate of drug-likeness (QED) is 0.584. The summed E-state index contributed by atoms with van der Waals surface area (Å²) >= 11 is 0. The first-order valence-corrected chi connectivity index (χ1v) is 3.83. The van der Waals surface area contributed by atoms with E-state index in [1.165, 1.54) is 0 Å². The molecule has 0 spiro atoms. The van der Waals surface area contributed by atoms with Gasteiger partial charge in [-0.1, -0.05) is 0 Å². The van der Waals surface area contributed by atoms with Crippen LogP contribution in [-0.2, 0) is 0 Å². The predicted molar refractivity (Wildman–Crippen MR) is 49.3 cm³/mol. The van der Waals surface area contributed by atoms with E-state index >= 15 is 0 Å². The summed E-state index contributed by atoms with van der Waals surface area (Å²) in [6.45, 7) is 1.88. The second-order valence-electron chi connectivity index (χ2n) is 2.45. The zero-order valence-corrected chi connectivity index (χ0v) is 6.81. The number of nitrogens with zero attached hydrogens (tertiary/aromatic N) is 3. The van der Waals surface area contributed by atoms with Crippen molar-refractivity contribution in [3.8, 4) is 0 Å². The van der Waals surface area contributed by atoms with E-state index in [-0.39, 0.29) is 0 Å². The summed E-state index contributed by atoms with van der Waals surface area (Å²) in [6.07, 6.45) is 5.41. The third-order valence-corrected chi connectivity index (χ3v) is 1.67. The molecule has 2 rings (SSSR count). The van der Waals surface area contributed by atoms with Crippen LogP contribution < -0.4 is 0 Å². The molecule has 2 aromatic heterocycles. The van der Waals surface area contributed by atoms with Gasteiger partial charge in [0.05, 0.1) is 0 Å². The van der Waals surface area contributed by atoms with Crippen LogP contribution in [-0.4, -0.2) is 15.9 Å². The van der Waals surface area contributed by atoms with E-state index in [2.05, 4.69) is 10.1 Å². The maximum Gasteiger partial charge on any atom is 0.160 e. The number of hydrogen-bond donors (Lipinski definition) is 0. The molecule has 3 heteroatoms. The van der Waals surface area contributed by atoms with Gasteiger partial charge in [-0.2, -0.15) is 5.10 Å². The highest BCUT2D eigenvalue weighted by Crippen LogP contribution is 2.11. The van der Waals surface area contributed by atoms with Crippen LogP contribution in [0, 0.1) is 0 Å². The van der Waals surface area contributed by atoms with Crippen molar-refractivity contribution in [2.24, 2.45) is 5.10 Å². The molecular formula is C9H9N3. The Balaban J connectivity index is 2.70. The van der Waals surface area contributed by atoms with E-state index in [4.69, 9.17) is 0 Å². The Labute approximate surface area is 70.3 Å². The van der Waals surface area contributed by atoms with Crippen LogP contribution in [0.25, 0.3) is 11.0 Å². The van der Waals surface area contributed by atoms with Gasteiger partial charge in [0, 0.05) is 24.0 Å². The lowest BCUT2D eigenvalue weighted by atomic mass is 10.3. The Hall–Kier alpha value is -1.64. The van der Waals surface area contributed by atoms with Gasteiger partial charge >= 0.3 is 0 Å². The van der Waals surface area contributed by atoms with Crippen molar-refractivity contribution in [1.29, 1.82) is 0 Å². The third kappa shape index (κ3) is 0.993. The molecule has 3 nitrogen and oxygen atoms in total. The van der Waals surface area contributed by atoms with E-state index < -0.39 is 0 Å². The SMILES string of the molecule is C/C=N/n1ccc2cccnc21. The molecule has 0 N–H and O–H groups in total. The monoisotopic (exact) mass is 159 g/mol. The third-order valence-electron chi connectivity index (χ3n) is 1.67. The molecule has 0 radical (unpaired) electrons. The Morgan fingerprint density at radius 1 is 1.50 bits per heavy atom. The molecular weight excluding hydrogens is 150 g/mol. The number of pyridine rings is 1. The summed E-state index contributed by atoms with van der Waals surface area (Å²) in [7, 11) is 0. The van der Waals surface area contributed by atoms with Crippen molar-refractivity contribution in [3.05, 3.63) is 30.6 Å². The highest BCUT2D eigenvalue weighted by molar-refractivity contribution is 5.76. The molecule has 12 heavy (non-hydrogen) atoms. The van der Waals surface area contributed by atoms with Crippen LogP contribution in [0.5, 0.6) is 0 Å². The molecule has 0 unspecified atom stereocenters. The maximum absolute atomic E-state index is 4.21. The van der Waals surface area contributed by atoms with Crippen LogP contribution >= 0.6 is 0 Å². The molecule has 2 aromatic rings. The van der Waals surface area contributed by atoms with Crippen molar-refractivity contribution in [2.45, 2.75) is 6.92 Å². The molecule has 0 atom stereocenters. The molecule has 0 bridgehead atoms. The Morgan fingerprint density at radius 2 is 2.42 bits per heavy atom. The first-order chi connectivity index (χ1) is 5.92. The fourth-order valence-electron chi connectivity index (χ4n) is 1.17. The summed E-state index contributed by atoms with van der Waals surface area (Å²) in [4.78, 5) is 4.21. The molecule has 0 aromatic carbocycles. The smallest absolute Gasteiger partial charge is 0.160 e. The summed E-state index contributed by atoms with van der Waals surface area (Å²) in [5.41, 5.74) is 0.899. The molecule has 2 heterocycles. The maximum atomic E-state index is 4.21. The van der Waals surface area contributed by atoms with Crippen molar-refractivity contribution in [1.82, 2.24) is 9.66 Å². The number of hydrogen-bond acceptors (Lipinski definition) is 2. The highest BCUT2D eigenvalue weighted by Gasteiger charge is 1.97. The summed E-state index contributed by atoms with van der Waals surface area (Å²) in [5, 5.41) is 5.24. The molecule has 0 aliphatic rings. The van der Waals surface area contributed by atoms with Gasteiger partial charge in [-0.05, 0) is 25.1 Å². The number of fused-ring (bicyclic) bond motifs is 1. The number of aromatic nitrogens is 2. The topological polar surface area (TPSA) is 30.2 Å². The Morgan fingerprint density at radius 3 is 3.25 bits per heavy atom. The zero-order chi connectivity index (χ0) is 8.39. The van der Waals surface area contributed by atoms with Gasteiger partial charge < -0.3 is 0 Å². The van der Waals surface area contributed by atoms with Crippen molar-refractivity contribution >= 4 is 17.2 Å². The minimum Gasteiger partial charge on any atom is -0.237 e. The minimum absolute atomic E-state index is 0.899. The fraction of sp³-hybridized carbons (Fsp3) is 0.111. The first-order valence-electron chi connectivity index (χ1n) is 3.83. The summed E-state index contributed by atoms with van der Waals surface area (Å²) in [6, 6.07) is 5.93. The molecule has 0 saturated carbocycles. The second kappa shape index (κ2) is 2.77. The average molecular weight is 159 g/mol. The van der Waals surface area contributed by atoms with Gasteiger partial charge in [0.25, 0.3) is 0 Å². The van der Waals surface area contributed by atoms with Gasteiger partial charge in [-0.3, -0.25) is 0 Å². The molecule has 0 amide bonds. The van der Waals surface area contributed by atoms with Gasteiger partial charge in [-0.15, -0.1) is 0 Å². The van der Waals surface area contributed by atoms with Crippen LogP contribution in [0.4, 0.5) is 0 Å². The van der Waals surface area contributed by atoms with E-state index in [9.17, 15) is 0 Å². The lowest BCUT2D eigenvalue weighted by Crippen LogP contribution is -1.87. The number of rotatable bonds is 1. The lowest BCUT2D eigenvalue weighted by Gasteiger charge is -1.93. The summed E-state index contributed by atoms with van der Waals surface area (Å²) in [5.74, 6) is 0. The average Bonchev–Trinajstić information content (AvgIpc) is 2.50. The fourth-order valence-corrected chi connectivity index (χ4v) is 1.17. The van der Waals surface area contributed by atoms with Crippen LogP contribution in [0.2, 0.25) is 0 Å². The van der Waals surface area contributed by atoms with Crippen LogP contribution in [0.15, 0.2) is 35.7 Å². The van der Waals surface area contributed by atoms with E-state index in [1.807, 2.05) is 31.3 Å². The Bertz CT molecular complexity index is 414. The van der Waals surface area contributed by atoms with Gasteiger partial charge in [0.2, 0.25) is 0 Å². The lowest BCUT2D eigenvalue weighted by molar-refractivity contribution is 0.914. The second-order valence-corrected chi connectivity index (χ2v) is 2.45. The van der Waals surface area contributed by atoms with Gasteiger partial charge in [-0.25, -0.2) is 9.66 Å².